The van der Waals surface area contributed by atoms with Gasteiger partial charge >= 0.3 is 0 Å². The number of hydrogen-bond acceptors (Lipinski definition) is 7. The maximum absolute atomic E-state index is 14.5. The van der Waals surface area contributed by atoms with E-state index in [1.54, 1.807) is 19.3 Å². The van der Waals surface area contributed by atoms with Crippen LogP contribution in [0.5, 0.6) is 0 Å². The van der Waals surface area contributed by atoms with Gasteiger partial charge in [-0.2, -0.15) is 9.78 Å². The molecule has 194 valence electrons. The Morgan fingerprint density at radius 3 is 2.71 bits per heavy atom. The summed E-state index contributed by atoms with van der Waals surface area (Å²) in [5.41, 5.74) is 1.72. The monoisotopic (exact) mass is 516 g/mol. The fourth-order valence-electron chi connectivity index (χ4n) is 6.31. The molecule has 0 unspecified atom stereocenters. The molecular formula is C27H26F2N8O. The summed E-state index contributed by atoms with van der Waals surface area (Å²) in [4.78, 5) is 25.2. The first kappa shape index (κ1) is 24.2. The molecule has 0 radical (unpaired) electrons. The molecule has 6 rings (SSSR count). The van der Waals surface area contributed by atoms with Crippen LogP contribution in [0.4, 0.5) is 8.78 Å². The van der Waals surface area contributed by atoms with Crippen LogP contribution in [0.15, 0.2) is 42.9 Å². The molecule has 2 aliphatic carbocycles. The van der Waals surface area contributed by atoms with E-state index in [2.05, 4.69) is 44.4 Å². The number of hydrogen-bond donors (Lipinski definition) is 1. The Labute approximate surface area is 217 Å². The third kappa shape index (κ3) is 3.44. The van der Waals surface area contributed by atoms with Gasteiger partial charge in [-0.1, -0.05) is 19.9 Å². The zero-order chi connectivity index (χ0) is 26.7. The molecule has 4 aromatic rings. The Morgan fingerprint density at radius 1 is 1.16 bits per heavy atom. The summed E-state index contributed by atoms with van der Waals surface area (Å²) in [6.45, 7) is 4.37. The van der Waals surface area contributed by atoms with Gasteiger partial charge in [0.05, 0.1) is 28.1 Å². The van der Waals surface area contributed by atoms with E-state index in [9.17, 15) is 13.6 Å². The third-order valence-corrected chi connectivity index (χ3v) is 8.28. The maximum atomic E-state index is 14.5. The molecular weight excluding hydrogens is 490 g/mol. The molecule has 0 spiro atoms. The summed E-state index contributed by atoms with van der Waals surface area (Å²) >= 11 is 0. The highest BCUT2D eigenvalue weighted by Gasteiger charge is 2.65. The second kappa shape index (κ2) is 8.71. The summed E-state index contributed by atoms with van der Waals surface area (Å²) in [5, 5.41) is 15.9. The molecule has 0 aliphatic heterocycles. The molecule has 2 bridgehead atoms. The first-order valence-electron chi connectivity index (χ1n) is 12.5. The molecule has 1 aromatic carbocycles. The number of benzene rings is 1. The van der Waals surface area contributed by atoms with Crippen LogP contribution >= 0.6 is 0 Å². The predicted octanol–water partition coefficient (Wildman–Crippen LogP) is 3.67. The van der Waals surface area contributed by atoms with E-state index in [4.69, 9.17) is 4.98 Å². The van der Waals surface area contributed by atoms with E-state index >= 15 is 0 Å². The van der Waals surface area contributed by atoms with Crippen LogP contribution in [0.25, 0.3) is 17.2 Å². The van der Waals surface area contributed by atoms with E-state index in [1.165, 1.54) is 29.2 Å². The van der Waals surface area contributed by atoms with Crippen molar-refractivity contribution in [2.75, 3.05) is 7.05 Å². The highest BCUT2D eigenvalue weighted by molar-refractivity contribution is 5.75. The van der Waals surface area contributed by atoms with Crippen LogP contribution in [-0.2, 0) is 16.6 Å². The lowest BCUT2D eigenvalue weighted by molar-refractivity contribution is -0.120. The molecule has 1 fully saturated rings. The van der Waals surface area contributed by atoms with E-state index < -0.39 is 17.0 Å². The number of fused-ring (bicyclic) bond motifs is 5. The van der Waals surface area contributed by atoms with Gasteiger partial charge in [0.1, 0.15) is 18.0 Å². The molecule has 3 aromatic heterocycles. The van der Waals surface area contributed by atoms with Gasteiger partial charge in [0.2, 0.25) is 5.91 Å². The van der Waals surface area contributed by atoms with Crippen molar-refractivity contribution in [1.29, 1.82) is 0 Å². The lowest BCUT2D eigenvalue weighted by atomic mass is 9.66. The summed E-state index contributed by atoms with van der Waals surface area (Å²) in [7, 11) is 1.59. The number of rotatable bonds is 6. The van der Waals surface area contributed by atoms with Crippen LogP contribution in [0.2, 0.25) is 0 Å². The zero-order valence-corrected chi connectivity index (χ0v) is 21.2. The van der Waals surface area contributed by atoms with Crippen molar-refractivity contribution in [3.63, 3.8) is 0 Å². The summed E-state index contributed by atoms with van der Waals surface area (Å²) in [6, 6.07) is 7.46. The molecule has 11 heteroatoms. The first-order valence-corrected chi connectivity index (χ1v) is 12.5. The van der Waals surface area contributed by atoms with Crippen molar-refractivity contribution < 1.29 is 13.6 Å². The van der Waals surface area contributed by atoms with Gasteiger partial charge in [-0.15, -0.1) is 10.2 Å². The van der Waals surface area contributed by atoms with Crippen molar-refractivity contribution in [3.05, 3.63) is 77.3 Å². The largest absolute Gasteiger partial charge is 0.359 e. The number of nitrogens with zero attached hydrogens (tertiary/aromatic N) is 7. The number of aromatic nitrogens is 7. The van der Waals surface area contributed by atoms with Crippen LogP contribution < -0.4 is 5.32 Å². The molecule has 1 saturated carbocycles. The minimum atomic E-state index is -0.667. The first-order chi connectivity index (χ1) is 18.3. The average Bonchev–Trinajstić information content (AvgIpc) is 3.55. The number of carbonyl (C=O) groups excluding carboxylic acids is 1. The summed E-state index contributed by atoms with van der Waals surface area (Å²) < 4.78 is 30.6. The molecule has 0 saturated heterocycles. The van der Waals surface area contributed by atoms with Crippen LogP contribution in [0.1, 0.15) is 61.8 Å². The number of carbonyl (C=O) groups is 1. The van der Waals surface area contributed by atoms with Crippen LogP contribution in [-0.4, -0.2) is 47.9 Å². The van der Waals surface area contributed by atoms with Crippen molar-refractivity contribution in [1.82, 2.24) is 40.2 Å². The summed E-state index contributed by atoms with van der Waals surface area (Å²) in [6.07, 6.45) is 5.61. The molecule has 1 N–H and O–H groups in total. The van der Waals surface area contributed by atoms with Gasteiger partial charge < -0.3 is 5.32 Å². The van der Waals surface area contributed by atoms with Crippen molar-refractivity contribution in [3.8, 4) is 17.2 Å². The van der Waals surface area contributed by atoms with Gasteiger partial charge in [0.15, 0.2) is 5.82 Å². The minimum absolute atomic E-state index is 0.0846. The Morgan fingerprint density at radius 2 is 1.95 bits per heavy atom. The number of amides is 1. The Kier molecular flexibility index (Phi) is 5.55. The van der Waals surface area contributed by atoms with Crippen molar-refractivity contribution in [2.24, 2.45) is 5.41 Å². The minimum Gasteiger partial charge on any atom is -0.359 e. The molecule has 3 heterocycles. The van der Waals surface area contributed by atoms with Crippen LogP contribution in [0, 0.1) is 17.0 Å². The lowest BCUT2D eigenvalue weighted by Gasteiger charge is -2.37. The second-order valence-corrected chi connectivity index (χ2v) is 10.4. The molecule has 38 heavy (non-hydrogen) atoms. The molecule has 1 amide bonds. The Hall–Kier alpha value is -4.15. The lowest BCUT2D eigenvalue weighted by Crippen LogP contribution is -2.38. The molecule has 2 atom stereocenters. The maximum Gasteiger partial charge on any atom is 0.252 e. The van der Waals surface area contributed by atoms with E-state index in [-0.39, 0.29) is 34.9 Å². The Balaban J connectivity index is 1.40. The van der Waals surface area contributed by atoms with E-state index in [0.29, 0.717) is 18.2 Å². The zero-order valence-electron chi connectivity index (χ0n) is 21.2. The van der Waals surface area contributed by atoms with Gasteiger partial charge in [0.25, 0.3) is 5.95 Å². The van der Waals surface area contributed by atoms with Gasteiger partial charge in [-0.25, -0.2) is 23.7 Å². The smallest absolute Gasteiger partial charge is 0.252 e. The average molecular weight is 517 g/mol. The fraction of sp³-hybridized carbons (Fsp3) is 0.370. The standard InChI is InChI=1S/C27H26F2N8O/c1-26(2)16-9-11-27(26,24-15(16)13-19(34-35-24)23-17(28)5-4-6-18(23)29)20-10-12-31-25(33-20)37-14-32-21(36-37)7-8-22(38)30-3/h4-6,10,12-14,16H,7-9,11H2,1-3H3,(H,30,38)/t16-,27-/m0/s1. The SMILES string of the molecule is CNC(=O)CCc1ncn(-c2nccc([C@@]34CC[C@@H](c5cc(-c6c(F)cccc6F)nnc53)C4(C)C)n2)n1. The van der Waals surface area contributed by atoms with Gasteiger partial charge in [-0.05, 0) is 54.0 Å². The molecule has 9 nitrogen and oxygen atoms in total. The number of aryl methyl sites for hydroxylation is 1. The normalized spacial score (nSPS) is 20.9. The van der Waals surface area contributed by atoms with Crippen LogP contribution in [0.3, 0.4) is 0 Å². The second-order valence-electron chi connectivity index (χ2n) is 10.4. The van der Waals surface area contributed by atoms with E-state index in [0.717, 1.165) is 29.8 Å². The molecule has 2 aliphatic rings. The highest BCUT2D eigenvalue weighted by Crippen LogP contribution is 2.69. The topological polar surface area (TPSA) is 111 Å². The number of nitrogens with one attached hydrogen (secondary N) is 1. The van der Waals surface area contributed by atoms with Gasteiger partial charge in [0, 0.05) is 26.1 Å². The highest BCUT2D eigenvalue weighted by atomic mass is 19.1. The van der Waals surface area contributed by atoms with Crippen molar-refractivity contribution in [2.45, 2.75) is 50.9 Å². The quantitative estimate of drug-likeness (QED) is 0.416. The fourth-order valence-corrected chi connectivity index (χ4v) is 6.31. The van der Waals surface area contributed by atoms with Gasteiger partial charge in [-0.3, -0.25) is 4.79 Å². The number of halogens is 2. The summed E-state index contributed by atoms with van der Waals surface area (Å²) in [5.74, 6) is -0.409. The predicted molar refractivity (Wildman–Crippen MR) is 133 cm³/mol. The van der Waals surface area contributed by atoms with Crippen molar-refractivity contribution >= 4 is 5.91 Å². The van der Waals surface area contributed by atoms with E-state index in [1.807, 2.05) is 6.07 Å². The third-order valence-electron chi connectivity index (χ3n) is 8.28. The Bertz CT molecular complexity index is 1550.